The SMILES string of the molecule is Cc1cccc(-n2ncc(C(=O)N3CCC[C@H](C(=O)Nc4ccc(Br)cn4)C3)c2C)c1. The number of amides is 2. The van der Waals surface area contributed by atoms with Crippen LogP contribution in [-0.4, -0.2) is 44.6 Å². The molecule has 2 amide bonds. The number of aryl methyl sites for hydroxylation is 1. The number of carbonyl (C=O) groups excluding carboxylic acids is 2. The molecule has 0 spiro atoms. The van der Waals surface area contributed by atoms with Gasteiger partial charge in [-0.25, -0.2) is 9.67 Å². The summed E-state index contributed by atoms with van der Waals surface area (Å²) in [4.78, 5) is 31.9. The van der Waals surface area contributed by atoms with Crippen molar-refractivity contribution in [1.29, 1.82) is 0 Å². The second-order valence-electron chi connectivity index (χ2n) is 7.84. The number of pyridine rings is 1. The second-order valence-corrected chi connectivity index (χ2v) is 8.75. The molecule has 1 fully saturated rings. The van der Waals surface area contributed by atoms with Gasteiger partial charge in [-0.05, 0) is 72.4 Å². The van der Waals surface area contributed by atoms with Gasteiger partial charge in [-0.2, -0.15) is 5.10 Å². The Kier molecular flexibility index (Phi) is 6.18. The lowest BCUT2D eigenvalue weighted by Crippen LogP contribution is -2.44. The van der Waals surface area contributed by atoms with E-state index < -0.39 is 0 Å². The van der Waals surface area contributed by atoms with Crippen LogP contribution >= 0.6 is 15.9 Å². The molecule has 8 heteroatoms. The molecule has 31 heavy (non-hydrogen) atoms. The summed E-state index contributed by atoms with van der Waals surface area (Å²) in [6.07, 6.45) is 4.78. The minimum atomic E-state index is -0.268. The third kappa shape index (κ3) is 4.69. The predicted molar refractivity (Wildman–Crippen MR) is 122 cm³/mol. The molecule has 0 unspecified atom stereocenters. The lowest BCUT2D eigenvalue weighted by Gasteiger charge is -2.32. The van der Waals surface area contributed by atoms with E-state index in [0.29, 0.717) is 24.5 Å². The number of aromatic nitrogens is 3. The zero-order valence-electron chi connectivity index (χ0n) is 17.5. The summed E-state index contributed by atoms with van der Waals surface area (Å²) in [5.74, 6) is 0.0392. The number of likely N-dealkylation sites (tertiary alicyclic amines) is 1. The van der Waals surface area contributed by atoms with E-state index in [-0.39, 0.29) is 17.7 Å². The topological polar surface area (TPSA) is 80.1 Å². The number of hydrogen-bond acceptors (Lipinski definition) is 4. The normalized spacial score (nSPS) is 16.2. The number of hydrogen-bond donors (Lipinski definition) is 1. The number of benzene rings is 1. The summed E-state index contributed by atoms with van der Waals surface area (Å²) >= 11 is 3.33. The zero-order valence-corrected chi connectivity index (χ0v) is 19.1. The first kappa shape index (κ1) is 21.2. The van der Waals surface area contributed by atoms with E-state index in [1.54, 1.807) is 28.0 Å². The van der Waals surface area contributed by atoms with E-state index in [0.717, 1.165) is 34.3 Å². The quantitative estimate of drug-likeness (QED) is 0.607. The van der Waals surface area contributed by atoms with Crippen molar-refractivity contribution in [2.75, 3.05) is 18.4 Å². The molecule has 1 saturated heterocycles. The van der Waals surface area contributed by atoms with E-state index in [1.165, 1.54) is 0 Å². The van der Waals surface area contributed by atoms with Gasteiger partial charge >= 0.3 is 0 Å². The third-order valence-corrected chi connectivity index (χ3v) is 6.01. The molecular weight excluding hydrogens is 458 g/mol. The second kappa shape index (κ2) is 9.01. The summed E-state index contributed by atoms with van der Waals surface area (Å²) in [6.45, 7) is 4.94. The van der Waals surface area contributed by atoms with Crippen LogP contribution in [0.2, 0.25) is 0 Å². The van der Waals surface area contributed by atoms with Crippen molar-refractivity contribution in [2.24, 2.45) is 5.92 Å². The van der Waals surface area contributed by atoms with E-state index in [4.69, 9.17) is 0 Å². The summed E-state index contributed by atoms with van der Waals surface area (Å²) in [5, 5.41) is 7.29. The predicted octanol–water partition coefficient (Wildman–Crippen LogP) is 4.14. The molecule has 0 aliphatic carbocycles. The molecule has 1 atom stereocenters. The maximum absolute atomic E-state index is 13.2. The molecule has 1 aromatic carbocycles. The summed E-state index contributed by atoms with van der Waals surface area (Å²) in [5.41, 5.74) is 3.42. The Labute approximate surface area is 189 Å². The van der Waals surface area contributed by atoms with Gasteiger partial charge in [-0.3, -0.25) is 9.59 Å². The largest absolute Gasteiger partial charge is 0.338 e. The highest BCUT2D eigenvalue weighted by atomic mass is 79.9. The third-order valence-electron chi connectivity index (χ3n) is 5.54. The molecule has 3 aromatic rings. The van der Waals surface area contributed by atoms with Crippen molar-refractivity contribution in [3.63, 3.8) is 0 Å². The number of carbonyl (C=O) groups is 2. The number of anilines is 1. The number of rotatable bonds is 4. The van der Waals surface area contributed by atoms with Gasteiger partial charge in [0.2, 0.25) is 5.91 Å². The Morgan fingerprint density at radius 2 is 2.00 bits per heavy atom. The van der Waals surface area contributed by atoms with Gasteiger partial charge in [-0.15, -0.1) is 0 Å². The van der Waals surface area contributed by atoms with Crippen LogP contribution in [0.3, 0.4) is 0 Å². The number of nitrogens with zero attached hydrogens (tertiary/aromatic N) is 4. The summed E-state index contributed by atoms with van der Waals surface area (Å²) in [7, 11) is 0. The average molecular weight is 482 g/mol. The van der Waals surface area contributed by atoms with E-state index in [1.807, 2.05) is 44.2 Å². The van der Waals surface area contributed by atoms with Crippen LogP contribution in [0.4, 0.5) is 5.82 Å². The minimum Gasteiger partial charge on any atom is -0.338 e. The van der Waals surface area contributed by atoms with Gasteiger partial charge in [0.1, 0.15) is 5.82 Å². The Morgan fingerprint density at radius 1 is 1.16 bits per heavy atom. The van der Waals surface area contributed by atoms with E-state index >= 15 is 0 Å². The van der Waals surface area contributed by atoms with Gasteiger partial charge in [0.25, 0.3) is 5.91 Å². The number of piperidine rings is 1. The fourth-order valence-corrected chi connectivity index (χ4v) is 4.10. The molecule has 0 saturated carbocycles. The van der Waals surface area contributed by atoms with Crippen molar-refractivity contribution in [2.45, 2.75) is 26.7 Å². The summed E-state index contributed by atoms with van der Waals surface area (Å²) in [6, 6.07) is 11.6. The van der Waals surface area contributed by atoms with Crippen LogP contribution in [0.25, 0.3) is 5.69 Å². The van der Waals surface area contributed by atoms with Crippen LogP contribution in [-0.2, 0) is 4.79 Å². The van der Waals surface area contributed by atoms with Gasteiger partial charge < -0.3 is 10.2 Å². The highest BCUT2D eigenvalue weighted by molar-refractivity contribution is 9.10. The first-order valence-corrected chi connectivity index (χ1v) is 11.0. The highest BCUT2D eigenvalue weighted by Gasteiger charge is 2.30. The Hall–Kier alpha value is -3.00. The first-order valence-electron chi connectivity index (χ1n) is 10.3. The van der Waals surface area contributed by atoms with Crippen molar-refractivity contribution in [3.8, 4) is 5.69 Å². The van der Waals surface area contributed by atoms with Crippen molar-refractivity contribution in [3.05, 3.63) is 70.1 Å². The molecule has 1 aliphatic rings. The molecule has 1 N–H and O–H groups in total. The van der Waals surface area contributed by atoms with Crippen LogP contribution in [0.5, 0.6) is 0 Å². The fraction of sp³-hybridized carbons (Fsp3) is 0.304. The van der Waals surface area contributed by atoms with Gasteiger partial charge in [0.05, 0.1) is 29.1 Å². The van der Waals surface area contributed by atoms with Crippen molar-refractivity contribution >= 4 is 33.6 Å². The molecule has 3 heterocycles. The van der Waals surface area contributed by atoms with Crippen molar-refractivity contribution < 1.29 is 9.59 Å². The smallest absolute Gasteiger partial charge is 0.257 e. The van der Waals surface area contributed by atoms with Crippen molar-refractivity contribution in [1.82, 2.24) is 19.7 Å². The monoisotopic (exact) mass is 481 g/mol. The van der Waals surface area contributed by atoms with Crippen LogP contribution < -0.4 is 5.32 Å². The maximum Gasteiger partial charge on any atom is 0.257 e. The minimum absolute atomic E-state index is 0.0873. The standard InChI is InChI=1S/C23H24BrN5O2/c1-15-5-3-7-19(11-15)29-16(2)20(13-26-29)23(31)28-10-4-6-17(14-28)22(30)27-21-9-8-18(24)12-25-21/h3,5,7-9,11-13,17H,4,6,10,14H2,1-2H3,(H,25,27,30)/t17-/m0/s1. The lowest BCUT2D eigenvalue weighted by molar-refractivity contribution is -0.121. The molecule has 4 rings (SSSR count). The molecular formula is C23H24BrN5O2. The Morgan fingerprint density at radius 3 is 2.74 bits per heavy atom. The first-order chi connectivity index (χ1) is 14.9. The van der Waals surface area contributed by atoms with E-state index in [9.17, 15) is 9.59 Å². The molecule has 0 bridgehead atoms. The van der Waals surface area contributed by atoms with E-state index in [2.05, 4.69) is 31.3 Å². The van der Waals surface area contributed by atoms with Crippen LogP contribution in [0, 0.1) is 19.8 Å². The molecule has 0 radical (unpaired) electrons. The number of nitrogens with one attached hydrogen (secondary N) is 1. The summed E-state index contributed by atoms with van der Waals surface area (Å²) < 4.78 is 2.63. The van der Waals surface area contributed by atoms with Gasteiger partial charge in [-0.1, -0.05) is 12.1 Å². The number of halogens is 1. The Balaban J connectivity index is 1.46. The molecule has 2 aromatic heterocycles. The fourth-order valence-electron chi connectivity index (χ4n) is 3.86. The van der Waals surface area contributed by atoms with Crippen LogP contribution in [0.15, 0.2) is 53.3 Å². The lowest BCUT2D eigenvalue weighted by atomic mass is 9.96. The maximum atomic E-state index is 13.2. The van der Waals surface area contributed by atoms with Gasteiger partial charge in [0, 0.05) is 23.8 Å². The van der Waals surface area contributed by atoms with Gasteiger partial charge in [0.15, 0.2) is 0 Å². The zero-order chi connectivity index (χ0) is 22.0. The molecule has 1 aliphatic heterocycles. The molecule has 160 valence electrons. The highest BCUT2D eigenvalue weighted by Crippen LogP contribution is 2.23. The average Bonchev–Trinajstić information content (AvgIpc) is 3.16. The Bertz CT molecular complexity index is 1110. The molecule has 7 nitrogen and oxygen atoms in total. The van der Waals surface area contributed by atoms with Crippen LogP contribution in [0.1, 0.15) is 34.5 Å².